The maximum Gasteiger partial charge on any atom is 0.278 e. The van der Waals surface area contributed by atoms with Gasteiger partial charge in [-0.3, -0.25) is 14.5 Å². The Morgan fingerprint density at radius 1 is 1.38 bits per heavy atom. The number of hydrogen-bond acceptors (Lipinski definition) is 4. The van der Waals surface area contributed by atoms with Gasteiger partial charge in [-0.05, 0) is 12.3 Å². The predicted molar refractivity (Wildman–Crippen MR) is 85.8 cm³/mol. The van der Waals surface area contributed by atoms with Crippen molar-refractivity contribution in [2.45, 2.75) is 40.0 Å². The van der Waals surface area contributed by atoms with Crippen molar-refractivity contribution in [3.8, 4) is 0 Å². The van der Waals surface area contributed by atoms with Crippen molar-refractivity contribution >= 4 is 17.0 Å². The molecule has 2 aromatic heterocycles. The summed E-state index contributed by atoms with van der Waals surface area (Å²) in [5, 5.41) is 4.43. The van der Waals surface area contributed by atoms with Crippen molar-refractivity contribution in [1.82, 2.24) is 19.7 Å². The maximum atomic E-state index is 12.3. The van der Waals surface area contributed by atoms with Crippen LogP contribution in [0.15, 0.2) is 4.79 Å². The van der Waals surface area contributed by atoms with Crippen LogP contribution >= 0.6 is 0 Å². The van der Waals surface area contributed by atoms with E-state index in [9.17, 15) is 4.79 Å². The van der Waals surface area contributed by atoms with Crippen LogP contribution in [0.3, 0.4) is 0 Å². The predicted octanol–water partition coefficient (Wildman–Crippen LogP) is 2.09. The van der Waals surface area contributed by atoms with Crippen LogP contribution in [0.4, 0.5) is 5.95 Å². The van der Waals surface area contributed by atoms with Gasteiger partial charge >= 0.3 is 0 Å². The Morgan fingerprint density at radius 2 is 2.10 bits per heavy atom. The number of aryl methyl sites for hydroxylation is 2. The lowest BCUT2D eigenvalue weighted by atomic mass is 10.1. The van der Waals surface area contributed by atoms with Crippen molar-refractivity contribution < 1.29 is 0 Å². The minimum absolute atomic E-state index is 0.122. The summed E-state index contributed by atoms with van der Waals surface area (Å²) in [6, 6.07) is 0. The van der Waals surface area contributed by atoms with Crippen molar-refractivity contribution in [3.63, 3.8) is 0 Å². The molecule has 0 saturated heterocycles. The SMILES string of the molecule is CCCc1nn(C)c2c(=O)[nH]c(N(C)CC(C)CC)nc12. The molecule has 116 valence electrons. The van der Waals surface area contributed by atoms with Crippen molar-refractivity contribution in [1.29, 1.82) is 0 Å². The lowest BCUT2D eigenvalue weighted by Crippen LogP contribution is -2.28. The fraction of sp³-hybridized carbons (Fsp3) is 0.667. The average molecular weight is 291 g/mol. The molecule has 1 N–H and O–H groups in total. The smallest absolute Gasteiger partial charge is 0.278 e. The molecule has 0 aliphatic heterocycles. The Hall–Kier alpha value is -1.85. The Labute approximate surface area is 125 Å². The highest BCUT2D eigenvalue weighted by atomic mass is 16.1. The molecule has 21 heavy (non-hydrogen) atoms. The summed E-state index contributed by atoms with van der Waals surface area (Å²) in [7, 11) is 3.76. The number of rotatable bonds is 6. The summed E-state index contributed by atoms with van der Waals surface area (Å²) in [6.45, 7) is 7.33. The quantitative estimate of drug-likeness (QED) is 0.885. The first-order chi connectivity index (χ1) is 9.97. The number of aromatic amines is 1. The minimum Gasteiger partial charge on any atom is -0.345 e. The van der Waals surface area contributed by atoms with Crippen LogP contribution in [0.2, 0.25) is 0 Å². The van der Waals surface area contributed by atoms with Crippen LogP contribution in [0.1, 0.15) is 39.3 Å². The molecule has 6 nitrogen and oxygen atoms in total. The van der Waals surface area contributed by atoms with Gasteiger partial charge in [0, 0.05) is 20.6 Å². The fourth-order valence-corrected chi connectivity index (χ4v) is 2.50. The zero-order valence-corrected chi connectivity index (χ0v) is 13.6. The van der Waals surface area contributed by atoms with Gasteiger partial charge in [0.1, 0.15) is 5.52 Å². The second kappa shape index (κ2) is 6.28. The highest BCUT2D eigenvalue weighted by Crippen LogP contribution is 2.17. The van der Waals surface area contributed by atoms with Crippen LogP contribution in [0.25, 0.3) is 11.0 Å². The topological polar surface area (TPSA) is 66.8 Å². The van der Waals surface area contributed by atoms with Gasteiger partial charge in [0.05, 0.1) is 5.69 Å². The van der Waals surface area contributed by atoms with E-state index in [1.807, 2.05) is 11.9 Å². The van der Waals surface area contributed by atoms with Crippen molar-refractivity contribution in [2.24, 2.45) is 13.0 Å². The molecule has 1 unspecified atom stereocenters. The summed E-state index contributed by atoms with van der Waals surface area (Å²) in [6.07, 6.45) is 2.92. The second-order valence-corrected chi connectivity index (χ2v) is 5.80. The standard InChI is InChI=1S/C15H25N5O/c1-6-8-11-12-13(20(5)18-11)14(21)17-15(16-12)19(4)9-10(3)7-2/h10H,6-9H2,1-5H3,(H,16,17,21). The van der Waals surface area contributed by atoms with E-state index in [-0.39, 0.29) is 5.56 Å². The van der Waals surface area contributed by atoms with Crippen molar-refractivity contribution in [3.05, 3.63) is 16.0 Å². The van der Waals surface area contributed by atoms with E-state index < -0.39 is 0 Å². The molecule has 2 rings (SSSR count). The van der Waals surface area contributed by atoms with Gasteiger partial charge in [0.2, 0.25) is 5.95 Å². The molecule has 0 bridgehead atoms. The zero-order valence-electron chi connectivity index (χ0n) is 13.6. The maximum absolute atomic E-state index is 12.3. The molecular weight excluding hydrogens is 266 g/mol. The van der Waals surface area contributed by atoms with Crippen LogP contribution in [-0.2, 0) is 13.5 Å². The average Bonchev–Trinajstić information content (AvgIpc) is 2.76. The molecule has 0 aliphatic carbocycles. The van der Waals surface area contributed by atoms with Gasteiger partial charge in [-0.25, -0.2) is 4.98 Å². The van der Waals surface area contributed by atoms with Gasteiger partial charge in [-0.15, -0.1) is 0 Å². The minimum atomic E-state index is -0.122. The van der Waals surface area contributed by atoms with Gasteiger partial charge < -0.3 is 4.90 Å². The van der Waals surface area contributed by atoms with Crippen LogP contribution in [0.5, 0.6) is 0 Å². The molecule has 2 heterocycles. The molecule has 0 spiro atoms. The first-order valence-corrected chi connectivity index (χ1v) is 7.64. The van der Waals surface area contributed by atoms with Crippen LogP contribution < -0.4 is 10.5 Å². The molecule has 0 fully saturated rings. The number of fused-ring (bicyclic) bond motifs is 1. The van der Waals surface area contributed by atoms with Gasteiger partial charge in [0.25, 0.3) is 5.56 Å². The van der Waals surface area contributed by atoms with E-state index >= 15 is 0 Å². The number of nitrogens with one attached hydrogen (secondary N) is 1. The highest BCUT2D eigenvalue weighted by Gasteiger charge is 2.16. The molecule has 6 heteroatoms. The first-order valence-electron chi connectivity index (χ1n) is 7.64. The Balaban J connectivity index is 2.47. The normalized spacial score (nSPS) is 12.8. The molecule has 1 atom stereocenters. The number of nitrogens with zero attached hydrogens (tertiary/aromatic N) is 4. The summed E-state index contributed by atoms with van der Waals surface area (Å²) >= 11 is 0. The fourth-order valence-electron chi connectivity index (χ4n) is 2.50. The highest BCUT2D eigenvalue weighted by molar-refractivity contribution is 5.77. The van der Waals surface area contributed by atoms with Crippen LogP contribution in [0, 0.1) is 5.92 Å². The largest absolute Gasteiger partial charge is 0.345 e. The summed E-state index contributed by atoms with van der Waals surface area (Å²) < 4.78 is 1.63. The lowest BCUT2D eigenvalue weighted by Gasteiger charge is -2.21. The summed E-state index contributed by atoms with van der Waals surface area (Å²) in [5.74, 6) is 1.18. The van der Waals surface area contributed by atoms with Gasteiger partial charge in [0.15, 0.2) is 5.52 Å². The Morgan fingerprint density at radius 3 is 2.71 bits per heavy atom. The van der Waals surface area contributed by atoms with E-state index in [2.05, 4.69) is 35.8 Å². The molecule has 0 aliphatic rings. The molecule has 0 radical (unpaired) electrons. The van der Waals surface area contributed by atoms with Crippen LogP contribution in [-0.4, -0.2) is 33.3 Å². The van der Waals surface area contributed by atoms with E-state index in [0.717, 1.165) is 37.0 Å². The van der Waals surface area contributed by atoms with Crippen molar-refractivity contribution in [2.75, 3.05) is 18.5 Å². The Bertz CT molecular complexity index is 672. The van der Waals surface area contributed by atoms with E-state index in [1.54, 1.807) is 11.7 Å². The second-order valence-electron chi connectivity index (χ2n) is 5.80. The molecule has 0 saturated carbocycles. The lowest BCUT2D eigenvalue weighted by molar-refractivity contribution is 0.555. The first kappa shape index (κ1) is 15.5. The third kappa shape index (κ3) is 3.09. The van der Waals surface area contributed by atoms with E-state index in [4.69, 9.17) is 0 Å². The van der Waals surface area contributed by atoms with Gasteiger partial charge in [-0.2, -0.15) is 5.10 Å². The molecule has 0 amide bonds. The molecular formula is C15H25N5O. The third-order valence-corrected chi connectivity index (χ3v) is 3.88. The number of H-pyrrole nitrogens is 1. The third-order valence-electron chi connectivity index (χ3n) is 3.88. The monoisotopic (exact) mass is 291 g/mol. The molecule has 0 aromatic carbocycles. The van der Waals surface area contributed by atoms with E-state index in [1.165, 1.54) is 0 Å². The number of aromatic nitrogens is 4. The summed E-state index contributed by atoms with van der Waals surface area (Å²) in [5.41, 5.74) is 2.07. The number of hydrogen-bond donors (Lipinski definition) is 1. The zero-order chi connectivity index (χ0) is 15.6. The number of anilines is 1. The molecule has 2 aromatic rings. The summed E-state index contributed by atoms with van der Waals surface area (Å²) in [4.78, 5) is 21.9. The van der Waals surface area contributed by atoms with Gasteiger partial charge in [-0.1, -0.05) is 33.6 Å². The van der Waals surface area contributed by atoms with E-state index in [0.29, 0.717) is 17.4 Å². The Kier molecular flexibility index (Phi) is 4.65.